The zero-order chi connectivity index (χ0) is 15.4. The summed E-state index contributed by atoms with van der Waals surface area (Å²) >= 11 is 5.04. The van der Waals surface area contributed by atoms with Gasteiger partial charge in [-0.3, -0.25) is 4.79 Å². The maximum atomic E-state index is 13.2. The minimum Gasteiger partial charge on any atom is -0.392 e. The second kappa shape index (κ2) is 6.93. The van der Waals surface area contributed by atoms with Gasteiger partial charge in [0.05, 0.1) is 11.0 Å². The Bertz CT molecular complexity index is 544. The highest BCUT2D eigenvalue weighted by Gasteiger charge is 2.27. The van der Waals surface area contributed by atoms with Crippen LogP contribution in [-0.2, 0) is 0 Å². The Labute approximate surface area is 127 Å². The third-order valence-corrected chi connectivity index (χ3v) is 4.15. The summed E-state index contributed by atoms with van der Waals surface area (Å²) in [6, 6.07) is 2.65. The smallest absolute Gasteiger partial charge is 0.251 e. The molecule has 0 aliphatic heterocycles. The van der Waals surface area contributed by atoms with Gasteiger partial charge in [-0.25, -0.2) is 8.78 Å². The molecule has 0 saturated heterocycles. The van der Waals surface area contributed by atoms with Crippen molar-refractivity contribution >= 4 is 23.1 Å². The standard InChI is InChI=1S/C15H18F2N2OS/c16-11-7-6-10(8-12(11)17)15(20)19-13(14(18)21)9-4-2-1-3-5-9/h6-9,13H,1-5H2,(H2,18,21)(H,19,20). The minimum atomic E-state index is -1.05. The Balaban J connectivity index is 2.10. The predicted molar refractivity (Wildman–Crippen MR) is 81.0 cm³/mol. The van der Waals surface area contributed by atoms with Crippen molar-refractivity contribution in [2.45, 2.75) is 38.1 Å². The number of rotatable bonds is 4. The number of hydrogen-bond donors (Lipinski definition) is 2. The van der Waals surface area contributed by atoms with Crippen molar-refractivity contribution in [3.05, 3.63) is 35.4 Å². The number of thiocarbonyl (C=S) groups is 1. The number of carbonyl (C=O) groups is 1. The molecule has 1 unspecified atom stereocenters. The average Bonchev–Trinajstić information content (AvgIpc) is 2.48. The van der Waals surface area contributed by atoms with E-state index in [1.54, 1.807) is 0 Å². The molecule has 0 spiro atoms. The molecule has 0 aromatic heterocycles. The highest BCUT2D eigenvalue weighted by Crippen LogP contribution is 2.27. The molecule has 1 atom stereocenters. The summed E-state index contributed by atoms with van der Waals surface area (Å²) in [5, 5.41) is 2.75. The van der Waals surface area contributed by atoms with Crippen LogP contribution in [0.5, 0.6) is 0 Å². The van der Waals surface area contributed by atoms with E-state index >= 15 is 0 Å². The van der Waals surface area contributed by atoms with Crippen LogP contribution < -0.4 is 11.1 Å². The van der Waals surface area contributed by atoms with Gasteiger partial charge in [-0.05, 0) is 37.0 Å². The van der Waals surface area contributed by atoms with Gasteiger partial charge in [-0.2, -0.15) is 0 Å². The lowest BCUT2D eigenvalue weighted by Gasteiger charge is -2.30. The fourth-order valence-corrected chi connectivity index (χ4v) is 3.00. The van der Waals surface area contributed by atoms with Gasteiger partial charge < -0.3 is 11.1 Å². The van der Waals surface area contributed by atoms with Crippen LogP contribution in [0.4, 0.5) is 8.78 Å². The molecule has 3 N–H and O–H groups in total. The second-order valence-electron chi connectivity index (χ2n) is 5.38. The molecule has 1 saturated carbocycles. The van der Waals surface area contributed by atoms with Gasteiger partial charge in [0.15, 0.2) is 11.6 Å². The van der Waals surface area contributed by atoms with E-state index in [9.17, 15) is 13.6 Å². The van der Waals surface area contributed by atoms with Gasteiger partial charge in [0.25, 0.3) is 5.91 Å². The van der Waals surface area contributed by atoms with E-state index in [0.717, 1.165) is 37.8 Å². The van der Waals surface area contributed by atoms with Crippen LogP contribution in [0.25, 0.3) is 0 Å². The molecule has 1 aliphatic rings. The Hall–Kier alpha value is -1.56. The minimum absolute atomic E-state index is 0.0611. The van der Waals surface area contributed by atoms with Crippen molar-refractivity contribution in [1.29, 1.82) is 0 Å². The van der Waals surface area contributed by atoms with Crippen molar-refractivity contribution in [2.24, 2.45) is 11.7 Å². The van der Waals surface area contributed by atoms with Gasteiger partial charge in [0, 0.05) is 5.56 Å². The molecule has 1 fully saturated rings. The summed E-state index contributed by atoms with van der Waals surface area (Å²) in [7, 11) is 0. The summed E-state index contributed by atoms with van der Waals surface area (Å²) in [4.78, 5) is 12.4. The third-order valence-electron chi connectivity index (χ3n) is 3.90. The first-order valence-corrected chi connectivity index (χ1v) is 7.45. The number of carbonyl (C=O) groups excluding carboxylic acids is 1. The average molecular weight is 312 g/mol. The molecule has 0 heterocycles. The highest BCUT2D eigenvalue weighted by molar-refractivity contribution is 7.80. The number of hydrogen-bond acceptors (Lipinski definition) is 2. The van der Waals surface area contributed by atoms with Gasteiger partial charge in [0.1, 0.15) is 0 Å². The van der Waals surface area contributed by atoms with Gasteiger partial charge in [-0.1, -0.05) is 31.5 Å². The van der Waals surface area contributed by atoms with Crippen LogP contribution in [0, 0.1) is 17.6 Å². The molecule has 1 aromatic rings. The van der Waals surface area contributed by atoms with E-state index < -0.39 is 23.6 Å². The van der Waals surface area contributed by atoms with E-state index in [1.807, 2.05) is 0 Å². The lowest BCUT2D eigenvalue weighted by molar-refractivity contribution is 0.0931. The largest absolute Gasteiger partial charge is 0.392 e. The topological polar surface area (TPSA) is 55.1 Å². The van der Waals surface area contributed by atoms with Crippen LogP contribution in [0.3, 0.4) is 0 Å². The second-order valence-corrected chi connectivity index (χ2v) is 5.85. The Kier molecular flexibility index (Phi) is 5.22. The Morgan fingerprint density at radius 1 is 1.24 bits per heavy atom. The molecule has 114 valence electrons. The van der Waals surface area contributed by atoms with E-state index in [2.05, 4.69) is 5.32 Å². The molecule has 1 amide bonds. The number of amides is 1. The number of nitrogens with one attached hydrogen (secondary N) is 1. The third kappa shape index (κ3) is 3.97. The first-order chi connectivity index (χ1) is 9.99. The van der Waals surface area contributed by atoms with Crippen molar-refractivity contribution in [2.75, 3.05) is 0 Å². The quantitative estimate of drug-likeness (QED) is 0.841. The molecular formula is C15H18F2N2OS. The molecule has 3 nitrogen and oxygen atoms in total. The van der Waals surface area contributed by atoms with Crippen molar-refractivity contribution in [1.82, 2.24) is 5.32 Å². The molecule has 6 heteroatoms. The fourth-order valence-electron chi connectivity index (χ4n) is 2.75. The maximum absolute atomic E-state index is 13.2. The number of nitrogens with two attached hydrogens (primary N) is 1. The monoisotopic (exact) mass is 312 g/mol. The van der Waals surface area contributed by atoms with Crippen molar-refractivity contribution in [3.8, 4) is 0 Å². The summed E-state index contributed by atoms with van der Waals surface area (Å²) < 4.78 is 26.1. The van der Waals surface area contributed by atoms with Crippen LogP contribution in [-0.4, -0.2) is 16.9 Å². The Morgan fingerprint density at radius 3 is 2.48 bits per heavy atom. The SMILES string of the molecule is NC(=S)C(NC(=O)c1ccc(F)c(F)c1)C1CCCCC1. The normalized spacial score (nSPS) is 17.2. The number of halogens is 2. The molecule has 1 aromatic carbocycles. The van der Waals surface area contributed by atoms with Gasteiger partial charge in [-0.15, -0.1) is 0 Å². The summed E-state index contributed by atoms with van der Waals surface area (Å²) in [5.41, 5.74) is 5.79. The van der Waals surface area contributed by atoms with Gasteiger partial charge in [0.2, 0.25) is 0 Å². The van der Waals surface area contributed by atoms with E-state index in [-0.39, 0.29) is 16.5 Å². The van der Waals surface area contributed by atoms with Crippen LogP contribution >= 0.6 is 12.2 Å². The molecule has 2 rings (SSSR count). The molecule has 0 radical (unpaired) electrons. The lowest BCUT2D eigenvalue weighted by Crippen LogP contribution is -2.48. The lowest BCUT2D eigenvalue weighted by atomic mass is 9.83. The predicted octanol–water partition coefficient (Wildman–Crippen LogP) is 2.93. The van der Waals surface area contributed by atoms with Crippen molar-refractivity contribution in [3.63, 3.8) is 0 Å². The van der Waals surface area contributed by atoms with E-state index in [4.69, 9.17) is 18.0 Å². The first kappa shape index (κ1) is 15.8. The van der Waals surface area contributed by atoms with Gasteiger partial charge >= 0.3 is 0 Å². The van der Waals surface area contributed by atoms with Crippen LogP contribution in [0.2, 0.25) is 0 Å². The van der Waals surface area contributed by atoms with Crippen molar-refractivity contribution < 1.29 is 13.6 Å². The maximum Gasteiger partial charge on any atom is 0.251 e. The zero-order valence-corrected chi connectivity index (χ0v) is 12.4. The molecule has 21 heavy (non-hydrogen) atoms. The fraction of sp³-hybridized carbons (Fsp3) is 0.467. The first-order valence-electron chi connectivity index (χ1n) is 7.04. The highest BCUT2D eigenvalue weighted by atomic mass is 32.1. The van der Waals surface area contributed by atoms with Crippen LogP contribution in [0.15, 0.2) is 18.2 Å². The summed E-state index contributed by atoms with van der Waals surface area (Å²) in [6.45, 7) is 0. The Morgan fingerprint density at radius 2 is 1.90 bits per heavy atom. The zero-order valence-electron chi connectivity index (χ0n) is 11.6. The van der Waals surface area contributed by atoms with E-state index in [1.165, 1.54) is 12.5 Å². The molecule has 1 aliphatic carbocycles. The summed E-state index contributed by atoms with van der Waals surface area (Å²) in [6.07, 6.45) is 5.27. The molecule has 0 bridgehead atoms. The van der Waals surface area contributed by atoms with E-state index in [0.29, 0.717) is 0 Å². The van der Waals surface area contributed by atoms with Crippen LogP contribution in [0.1, 0.15) is 42.5 Å². The molecular weight excluding hydrogens is 294 g/mol. The summed E-state index contributed by atoms with van der Waals surface area (Å²) in [5.74, 6) is -2.31. The number of benzene rings is 1.